The molecule has 16 heavy (non-hydrogen) atoms. The van der Waals surface area contributed by atoms with Crippen LogP contribution in [0.2, 0.25) is 0 Å². The summed E-state index contributed by atoms with van der Waals surface area (Å²) in [6.45, 7) is 10.1. The van der Waals surface area contributed by atoms with Gasteiger partial charge in [-0.2, -0.15) is 0 Å². The van der Waals surface area contributed by atoms with Crippen molar-refractivity contribution in [1.82, 2.24) is 0 Å². The summed E-state index contributed by atoms with van der Waals surface area (Å²) in [5.41, 5.74) is 4.47. The third-order valence-corrected chi connectivity index (χ3v) is 2.99. The fourth-order valence-electron chi connectivity index (χ4n) is 1.81. The van der Waals surface area contributed by atoms with Gasteiger partial charge < -0.3 is 5.32 Å². The highest BCUT2D eigenvalue weighted by Gasteiger charge is 2.13. The second-order valence-electron chi connectivity index (χ2n) is 4.57. The van der Waals surface area contributed by atoms with E-state index in [2.05, 4.69) is 24.4 Å². The van der Waals surface area contributed by atoms with Crippen LogP contribution in [0.1, 0.15) is 37.0 Å². The Morgan fingerprint density at radius 3 is 2.19 bits per heavy atom. The van der Waals surface area contributed by atoms with E-state index in [0.717, 1.165) is 23.2 Å². The van der Waals surface area contributed by atoms with Gasteiger partial charge in [0.25, 0.3) is 0 Å². The molecule has 0 aliphatic carbocycles. The number of hydrogen-bond donors (Lipinski definition) is 1. The van der Waals surface area contributed by atoms with Gasteiger partial charge in [0.05, 0.1) is 0 Å². The summed E-state index contributed by atoms with van der Waals surface area (Å²) in [6.07, 6.45) is 0.871. The van der Waals surface area contributed by atoms with Crippen LogP contribution in [-0.4, -0.2) is 5.91 Å². The Balaban J connectivity index is 2.93. The Hall–Kier alpha value is -1.31. The first-order chi connectivity index (χ1) is 7.45. The number of carbonyl (C=O) groups is 1. The molecule has 0 aromatic heterocycles. The zero-order valence-electron chi connectivity index (χ0n) is 10.8. The number of nitrogens with one attached hydrogen (secondary N) is 1. The van der Waals surface area contributed by atoms with Gasteiger partial charge in [0.1, 0.15) is 0 Å². The lowest BCUT2D eigenvalue weighted by Crippen LogP contribution is -2.20. The zero-order valence-corrected chi connectivity index (χ0v) is 10.8. The highest BCUT2D eigenvalue weighted by atomic mass is 16.1. The molecule has 1 aromatic rings. The third kappa shape index (κ3) is 2.84. The standard InChI is InChI=1S/C14H21NO/c1-6-10(3)14(16)15-13-11(4)7-9(2)8-12(13)5/h7-8,10H,6H2,1-5H3,(H,15,16)/t10-/m1/s1. The van der Waals surface area contributed by atoms with E-state index in [0.29, 0.717) is 0 Å². The van der Waals surface area contributed by atoms with Crippen molar-refractivity contribution >= 4 is 11.6 Å². The maximum atomic E-state index is 11.8. The van der Waals surface area contributed by atoms with E-state index in [-0.39, 0.29) is 11.8 Å². The molecular weight excluding hydrogens is 198 g/mol. The number of benzene rings is 1. The molecular formula is C14H21NO. The second-order valence-corrected chi connectivity index (χ2v) is 4.57. The summed E-state index contributed by atoms with van der Waals surface area (Å²) in [7, 11) is 0. The lowest BCUT2D eigenvalue weighted by molar-refractivity contribution is -0.119. The number of rotatable bonds is 3. The molecule has 0 saturated heterocycles. The largest absolute Gasteiger partial charge is 0.325 e. The third-order valence-electron chi connectivity index (χ3n) is 2.99. The van der Waals surface area contributed by atoms with E-state index >= 15 is 0 Å². The van der Waals surface area contributed by atoms with Gasteiger partial charge in [-0.3, -0.25) is 4.79 Å². The van der Waals surface area contributed by atoms with Crippen molar-refractivity contribution in [2.45, 2.75) is 41.0 Å². The summed E-state index contributed by atoms with van der Waals surface area (Å²) in [5, 5.41) is 3.02. The number of carbonyl (C=O) groups excluding carboxylic acids is 1. The molecule has 2 nitrogen and oxygen atoms in total. The molecule has 0 unspecified atom stereocenters. The Labute approximate surface area is 98.1 Å². The van der Waals surface area contributed by atoms with Crippen LogP contribution in [0.5, 0.6) is 0 Å². The number of amides is 1. The van der Waals surface area contributed by atoms with Gasteiger partial charge in [-0.15, -0.1) is 0 Å². The summed E-state index contributed by atoms with van der Waals surface area (Å²) in [5.74, 6) is 0.178. The van der Waals surface area contributed by atoms with E-state index in [4.69, 9.17) is 0 Å². The Morgan fingerprint density at radius 1 is 1.25 bits per heavy atom. The Kier molecular flexibility index (Phi) is 4.11. The van der Waals surface area contributed by atoms with Crippen LogP contribution in [0.25, 0.3) is 0 Å². The molecule has 0 fully saturated rings. The van der Waals surface area contributed by atoms with Crippen molar-refractivity contribution < 1.29 is 4.79 Å². The minimum atomic E-state index is 0.0695. The minimum absolute atomic E-state index is 0.0695. The normalized spacial score (nSPS) is 12.3. The molecule has 1 atom stereocenters. The van der Waals surface area contributed by atoms with Crippen LogP contribution >= 0.6 is 0 Å². The first-order valence-electron chi connectivity index (χ1n) is 5.84. The number of aryl methyl sites for hydroxylation is 3. The van der Waals surface area contributed by atoms with Crippen molar-refractivity contribution in [3.05, 3.63) is 28.8 Å². The van der Waals surface area contributed by atoms with Crippen molar-refractivity contribution in [3.63, 3.8) is 0 Å². The molecule has 0 heterocycles. The van der Waals surface area contributed by atoms with Crippen molar-refractivity contribution in [2.24, 2.45) is 5.92 Å². The lowest BCUT2D eigenvalue weighted by Gasteiger charge is -2.15. The summed E-state index contributed by atoms with van der Waals surface area (Å²) in [6, 6.07) is 4.19. The van der Waals surface area contributed by atoms with Crippen molar-refractivity contribution in [3.8, 4) is 0 Å². The van der Waals surface area contributed by atoms with Crippen LogP contribution in [0, 0.1) is 26.7 Å². The highest BCUT2D eigenvalue weighted by Crippen LogP contribution is 2.22. The molecule has 1 rings (SSSR count). The smallest absolute Gasteiger partial charge is 0.227 e. The van der Waals surface area contributed by atoms with Gasteiger partial charge in [-0.25, -0.2) is 0 Å². The summed E-state index contributed by atoms with van der Waals surface area (Å²) in [4.78, 5) is 11.8. The zero-order chi connectivity index (χ0) is 12.3. The SMILES string of the molecule is CC[C@@H](C)C(=O)Nc1c(C)cc(C)cc1C. The Bertz CT molecular complexity index is 373. The van der Waals surface area contributed by atoms with Gasteiger partial charge >= 0.3 is 0 Å². The van der Waals surface area contributed by atoms with Gasteiger partial charge in [-0.1, -0.05) is 31.5 Å². The second kappa shape index (κ2) is 5.15. The topological polar surface area (TPSA) is 29.1 Å². The molecule has 0 saturated carbocycles. The fourth-order valence-corrected chi connectivity index (χ4v) is 1.81. The van der Waals surface area contributed by atoms with Gasteiger partial charge in [-0.05, 0) is 38.3 Å². The average Bonchev–Trinajstić information content (AvgIpc) is 2.21. The van der Waals surface area contributed by atoms with E-state index < -0.39 is 0 Å². The molecule has 0 spiro atoms. The van der Waals surface area contributed by atoms with E-state index in [1.54, 1.807) is 0 Å². The summed E-state index contributed by atoms with van der Waals surface area (Å²) < 4.78 is 0. The van der Waals surface area contributed by atoms with Crippen LogP contribution in [0.4, 0.5) is 5.69 Å². The van der Waals surface area contributed by atoms with Crippen molar-refractivity contribution in [2.75, 3.05) is 5.32 Å². The maximum absolute atomic E-state index is 11.8. The predicted octanol–water partition coefficient (Wildman–Crippen LogP) is 3.60. The average molecular weight is 219 g/mol. The quantitative estimate of drug-likeness (QED) is 0.827. The highest BCUT2D eigenvalue weighted by molar-refractivity contribution is 5.93. The van der Waals surface area contributed by atoms with Crippen LogP contribution in [-0.2, 0) is 4.79 Å². The molecule has 0 radical (unpaired) electrons. The minimum Gasteiger partial charge on any atom is -0.325 e. The number of anilines is 1. The van der Waals surface area contributed by atoms with Crippen LogP contribution < -0.4 is 5.32 Å². The fraction of sp³-hybridized carbons (Fsp3) is 0.500. The van der Waals surface area contributed by atoms with E-state index in [1.165, 1.54) is 5.56 Å². The molecule has 1 amide bonds. The van der Waals surface area contributed by atoms with Crippen molar-refractivity contribution in [1.29, 1.82) is 0 Å². The van der Waals surface area contributed by atoms with Crippen LogP contribution in [0.15, 0.2) is 12.1 Å². The predicted molar refractivity (Wildman–Crippen MR) is 68.7 cm³/mol. The van der Waals surface area contributed by atoms with E-state index in [9.17, 15) is 4.79 Å². The molecule has 2 heteroatoms. The molecule has 0 bridgehead atoms. The van der Waals surface area contributed by atoms with Gasteiger partial charge in [0.15, 0.2) is 0 Å². The molecule has 0 aliphatic rings. The first-order valence-corrected chi connectivity index (χ1v) is 5.84. The van der Waals surface area contributed by atoms with Gasteiger partial charge in [0.2, 0.25) is 5.91 Å². The molecule has 0 aliphatic heterocycles. The number of hydrogen-bond acceptors (Lipinski definition) is 1. The van der Waals surface area contributed by atoms with Crippen LogP contribution in [0.3, 0.4) is 0 Å². The lowest BCUT2D eigenvalue weighted by atomic mass is 10.0. The Morgan fingerprint density at radius 2 is 1.75 bits per heavy atom. The summed E-state index contributed by atoms with van der Waals surface area (Å²) >= 11 is 0. The maximum Gasteiger partial charge on any atom is 0.227 e. The molecule has 1 aromatic carbocycles. The molecule has 88 valence electrons. The molecule has 1 N–H and O–H groups in total. The first kappa shape index (κ1) is 12.8. The van der Waals surface area contributed by atoms with E-state index in [1.807, 2.05) is 27.7 Å². The van der Waals surface area contributed by atoms with Gasteiger partial charge in [0, 0.05) is 11.6 Å². The monoisotopic (exact) mass is 219 g/mol.